The number of hydrogen-bond donors (Lipinski definition) is 2. The first-order valence-corrected chi connectivity index (χ1v) is 9.55. The molecule has 0 saturated heterocycles. The summed E-state index contributed by atoms with van der Waals surface area (Å²) < 4.78 is 33.7. The fraction of sp³-hybridized carbons (Fsp3) is 0.385. The molecule has 0 aliphatic carbocycles. The van der Waals surface area contributed by atoms with Gasteiger partial charge in [0, 0.05) is 17.5 Å². The highest BCUT2D eigenvalue weighted by Crippen LogP contribution is 2.23. The highest BCUT2D eigenvalue weighted by molar-refractivity contribution is 9.11. The van der Waals surface area contributed by atoms with E-state index in [4.69, 9.17) is 4.42 Å². The normalized spacial score (nSPS) is 12.0. The molecule has 0 aromatic carbocycles. The molecule has 0 aliphatic rings. The fourth-order valence-electron chi connectivity index (χ4n) is 1.82. The molecule has 116 valence electrons. The van der Waals surface area contributed by atoms with Crippen molar-refractivity contribution in [2.45, 2.75) is 31.8 Å². The van der Waals surface area contributed by atoms with Crippen LogP contribution in [0.3, 0.4) is 0 Å². The second-order valence-corrected chi connectivity index (χ2v) is 8.73. The summed E-state index contributed by atoms with van der Waals surface area (Å²) >= 11 is 4.86. The highest BCUT2D eigenvalue weighted by Gasteiger charge is 2.21. The van der Waals surface area contributed by atoms with E-state index in [0.717, 1.165) is 15.2 Å². The van der Waals surface area contributed by atoms with Gasteiger partial charge < -0.3 is 9.73 Å². The van der Waals surface area contributed by atoms with Crippen LogP contribution in [-0.2, 0) is 23.1 Å². The Hall–Kier alpha value is -0.670. The molecule has 2 aromatic rings. The molecule has 0 amide bonds. The molecule has 0 radical (unpaired) electrons. The molecule has 21 heavy (non-hydrogen) atoms. The SMILES string of the molecule is CCNCc1cc(S(=O)(=O)NCc2ccc(Br)s2)c(C)o1. The van der Waals surface area contributed by atoms with Gasteiger partial charge in [-0.3, -0.25) is 0 Å². The van der Waals surface area contributed by atoms with Crippen molar-refractivity contribution in [2.75, 3.05) is 6.54 Å². The van der Waals surface area contributed by atoms with Crippen LogP contribution >= 0.6 is 27.3 Å². The van der Waals surface area contributed by atoms with Gasteiger partial charge in [-0.15, -0.1) is 11.3 Å². The predicted molar refractivity (Wildman–Crippen MR) is 86.9 cm³/mol. The standard InChI is InChI=1S/C13H17BrN2O3S2/c1-3-15-7-10-6-12(9(2)19-10)21(17,18)16-8-11-4-5-13(14)20-11/h4-6,15-16H,3,7-8H2,1-2H3. The molecule has 5 nitrogen and oxygen atoms in total. The maximum absolute atomic E-state index is 12.3. The Morgan fingerprint density at radius 2 is 2.10 bits per heavy atom. The monoisotopic (exact) mass is 392 g/mol. The first-order chi connectivity index (χ1) is 9.92. The molecule has 0 aliphatic heterocycles. The third-order valence-corrected chi connectivity index (χ3v) is 5.96. The topological polar surface area (TPSA) is 71.3 Å². The van der Waals surface area contributed by atoms with Crippen molar-refractivity contribution in [3.63, 3.8) is 0 Å². The van der Waals surface area contributed by atoms with Crippen molar-refractivity contribution < 1.29 is 12.8 Å². The van der Waals surface area contributed by atoms with Gasteiger partial charge in [0.15, 0.2) is 0 Å². The smallest absolute Gasteiger partial charge is 0.244 e. The van der Waals surface area contributed by atoms with Gasteiger partial charge >= 0.3 is 0 Å². The third kappa shape index (κ3) is 4.40. The summed E-state index contributed by atoms with van der Waals surface area (Å²) in [6, 6.07) is 5.35. The van der Waals surface area contributed by atoms with E-state index in [0.29, 0.717) is 18.1 Å². The lowest BCUT2D eigenvalue weighted by Gasteiger charge is -2.03. The van der Waals surface area contributed by atoms with Crippen LogP contribution in [0.2, 0.25) is 0 Å². The highest BCUT2D eigenvalue weighted by atomic mass is 79.9. The van der Waals surface area contributed by atoms with Gasteiger partial charge in [0.1, 0.15) is 16.4 Å². The Kier molecular flexibility index (Phi) is 5.61. The average Bonchev–Trinajstić information content (AvgIpc) is 3.00. The Bertz CT molecular complexity index is 707. The minimum absolute atomic E-state index is 0.200. The zero-order valence-electron chi connectivity index (χ0n) is 11.8. The number of hydrogen-bond acceptors (Lipinski definition) is 5. The van der Waals surface area contributed by atoms with Crippen LogP contribution in [0.4, 0.5) is 0 Å². The van der Waals surface area contributed by atoms with Crippen LogP contribution in [0.15, 0.2) is 31.3 Å². The van der Waals surface area contributed by atoms with Crippen LogP contribution < -0.4 is 10.0 Å². The minimum atomic E-state index is -3.56. The second-order valence-electron chi connectivity index (χ2n) is 4.44. The summed E-state index contributed by atoms with van der Waals surface area (Å²) in [4.78, 5) is 1.14. The minimum Gasteiger partial charge on any atom is -0.464 e. The Balaban J connectivity index is 2.09. The molecular formula is C13H17BrN2O3S2. The Morgan fingerprint density at radius 3 is 2.71 bits per heavy atom. The van der Waals surface area contributed by atoms with E-state index in [1.54, 1.807) is 13.0 Å². The number of sulfonamides is 1. The maximum Gasteiger partial charge on any atom is 0.244 e. The Morgan fingerprint density at radius 1 is 1.33 bits per heavy atom. The summed E-state index contributed by atoms with van der Waals surface area (Å²) in [6.07, 6.45) is 0. The van der Waals surface area contributed by atoms with E-state index in [9.17, 15) is 8.42 Å². The first kappa shape index (κ1) is 16.7. The fourth-order valence-corrected chi connectivity index (χ4v) is 4.54. The van der Waals surface area contributed by atoms with Crippen molar-refractivity contribution in [3.8, 4) is 0 Å². The Labute approximate surface area is 136 Å². The predicted octanol–water partition coefficient (Wildman–Crippen LogP) is 3.00. The maximum atomic E-state index is 12.3. The van der Waals surface area contributed by atoms with E-state index < -0.39 is 10.0 Å². The van der Waals surface area contributed by atoms with Crippen molar-refractivity contribution in [2.24, 2.45) is 0 Å². The summed E-state index contributed by atoms with van der Waals surface area (Å²) in [5.41, 5.74) is 0. The number of furan rings is 1. The molecule has 0 fully saturated rings. The lowest BCUT2D eigenvalue weighted by atomic mass is 10.4. The van der Waals surface area contributed by atoms with Crippen molar-refractivity contribution in [1.82, 2.24) is 10.0 Å². The molecule has 0 bridgehead atoms. The van der Waals surface area contributed by atoms with Crippen molar-refractivity contribution >= 4 is 37.3 Å². The number of rotatable bonds is 7. The van der Waals surface area contributed by atoms with Crippen LogP contribution in [0.25, 0.3) is 0 Å². The zero-order valence-corrected chi connectivity index (χ0v) is 15.0. The summed E-state index contributed by atoms with van der Waals surface area (Å²) in [6.45, 7) is 5.23. The molecule has 0 saturated carbocycles. The first-order valence-electron chi connectivity index (χ1n) is 6.46. The quantitative estimate of drug-likeness (QED) is 0.759. The van der Waals surface area contributed by atoms with Crippen LogP contribution in [0, 0.1) is 6.92 Å². The van der Waals surface area contributed by atoms with Gasteiger partial charge in [0.25, 0.3) is 0 Å². The summed E-state index contributed by atoms with van der Waals surface area (Å²) in [5.74, 6) is 1.02. The molecule has 0 unspecified atom stereocenters. The molecule has 8 heteroatoms. The molecule has 2 heterocycles. The molecule has 2 N–H and O–H groups in total. The third-order valence-electron chi connectivity index (χ3n) is 2.83. The van der Waals surface area contributed by atoms with Crippen molar-refractivity contribution in [3.05, 3.63) is 38.4 Å². The van der Waals surface area contributed by atoms with E-state index in [-0.39, 0.29) is 11.4 Å². The zero-order chi connectivity index (χ0) is 15.5. The van der Waals surface area contributed by atoms with Gasteiger partial charge in [-0.25, -0.2) is 13.1 Å². The summed E-state index contributed by atoms with van der Waals surface area (Å²) in [7, 11) is -3.56. The van der Waals surface area contributed by atoms with Crippen molar-refractivity contribution in [1.29, 1.82) is 0 Å². The van der Waals surface area contributed by atoms with Crippen LogP contribution in [0.5, 0.6) is 0 Å². The lowest BCUT2D eigenvalue weighted by molar-refractivity contribution is 0.460. The van der Waals surface area contributed by atoms with Gasteiger partial charge in [-0.05, 0) is 41.5 Å². The van der Waals surface area contributed by atoms with Gasteiger partial charge in [0.05, 0.1) is 10.3 Å². The second kappa shape index (κ2) is 7.06. The van der Waals surface area contributed by atoms with E-state index in [1.807, 2.05) is 19.1 Å². The van der Waals surface area contributed by atoms with E-state index in [2.05, 4.69) is 26.0 Å². The van der Waals surface area contributed by atoms with E-state index in [1.165, 1.54) is 11.3 Å². The largest absolute Gasteiger partial charge is 0.464 e. The molecule has 0 atom stereocenters. The molecular weight excluding hydrogens is 376 g/mol. The average molecular weight is 393 g/mol. The number of aryl methyl sites for hydroxylation is 1. The number of nitrogens with one attached hydrogen (secondary N) is 2. The lowest BCUT2D eigenvalue weighted by Crippen LogP contribution is -2.23. The van der Waals surface area contributed by atoms with Crippen LogP contribution in [-0.4, -0.2) is 15.0 Å². The number of thiophene rings is 1. The van der Waals surface area contributed by atoms with Crippen LogP contribution in [0.1, 0.15) is 23.3 Å². The van der Waals surface area contributed by atoms with Gasteiger partial charge in [0.2, 0.25) is 10.0 Å². The van der Waals surface area contributed by atoms with Gasteiger partial charge in [-0.2, -0.15) is 0 Å². The number of halogens is 1. The molecule has 2 rings (SSSR count). The molecule has 2 aromatic heterocycles. The van der Waals surface area contributed by atoms with Gasteiger partial charge in [-0.1, -0.05) is 6.92 Å². The molecule has 0 spiro atoms. The summed E-state index contributed by atoms with van der Waals surface area (Å²) in [5, 5.41) is 3.10. The van der Waals surface area contributed by atoms with E-state index >= 15 is 0 Å².